The van der Waals surface area contributed by atoms with E-state index >= 15 is 0 Å². The first-order valence-electron chi connectivity index (χ1n) is 11.3. The van der Waals surface area contributed by atoms with E-state index in [2.05, 4.69) is 10.6 Å². The van der Waals surface area contributed by atoms with E-state index in [1.165, 1.54) is 0 Å². The SMILES string of the molecule is CCc1ccccc1NC(=O)COC(=O)CCCC(=O)Nc1ccc(Oc2ccccc2Cl)cc1. The molecule has 0 aliphatic carbocycles. The van der Waals surface area contributed by atoms with Gasteiger partial charge in [0, 0.05) is 24.2 Å². The van der Waals surface area contributed by atoms with Crippen molar-refractivity contribution in [1.82, 2.24) is 0 Å². The second-order valence-corrected chi connectivity index (χ2v) is 8.09. The van der Waals surface area contributed by atoms with Gasteiger partial charge in [0.2, 0.25) is 5.91 Å². The zero-order valence-corrected chi connectivity index (χ0v) is 20.1. The fourth-order valence-corrected chi connectivity index (χ4v) is 3.41. The van der Waals surface area contributed by atoms with Crippen molar-refractivity contribution in [2.45, 2.75) is 32.6 Å². The Kier molecular flexibility index (Phi) is 9.69. The first kappa shape index (κ1) is 25.8. The van der Waals surface area contributed by atoms with Crippen LogP contribution in [0.25, 0.3) is 0 Å². The summed E-state index contributed by atoms with van der Waals surface area (Å²) in [6, 6.07) is 21.5. The van der Waals surface area contributed by atoms with Crippen molar-refractivity contribution in [3.05, 3.63) is 83.4 Å². The van der Waals surface area contributed by atoms with Crippen LogP contribution in [0.5, 0.6) is 11.5 Å². The highest BCUT2D eigenvalue weighted by atomic mass is 35.5. The average molecular weight is 495 g/mol. The van der Waals surface area contributed by atoms with Crippen LogP contribution in [0.15, 0.2) is 72.8 Å². The van der Waals surface area contributed by atoms with Crippen molar-refractivity contribution < 1.29 is 23.9 Å². The summed E-state index contributed by atoms with van der Waals surface area (Å²) in [7, 11) is 0. The second-order valence-electron chi connectivity index (χ2n) is 7.68. The van der Waals surface area contributed by atoms with E-state index in [0.717, 1.165) is 12.0 Å². The van der Waals surface area contributed by atoms with E-state index in [1.807, 2.05) is 37.3 Å². The molecule has 0 atom stereocenters. The van der Waals surface area contributed by atoms with Crippen molar-refractivity contribution in [3.8, 4) is 11.5 Å². The van der Waals surface area contributed by atoms with Crippen molar-refractivity contribution in [2.75, 3.05) is 17.2 Å². The molecular weight excluding hydrogens is 468 g/mol. The van der Waals surface area contributed by atoms with Gasteiger partial charge in [0.1, 0.15) is 11.5 Å². The molecule has 2 amide bonds. The summed E-state index contributed by atoms with van der Waals surface area (Å²) in [6.07, 6.45) is 1.26. The highest BCUT2D eigenvalue weighted by Crippen LogP contribution is 2.29. The van der Waals surface area contributed by atoms with Gasteiger partial charge >= 0.3 is 5.97 Å². The highest BCUT2D eigenvalue weighted by Gasteiger charge is 2.11. The van der Waals surface area contributed by atoms with Gasteiger partial charge in [-0.05, 0) is 60.9 Å². The number of rotatable bonds is 11. The lowest BCUT2D eigenvalue weighted by Gasteiger charge is -2.10. The summed E-state index contributed by atoms with van der Waals surface area (Å²) in [5.74, 6) is -0.0367. The molecule has 7 nitrogen and oxygen atoms in total. The summed E-state index contributed by atoms with van der Waals surface area (Å²) >= 11 is 6.09. The van der Waals surface area contributed by atoms with E-state index in [9.17, 15) is 14.4 Å². The Labute approximate surface area is 209 Å². The highest BCUT2D eigenvalue weighted by molar-refractivity contribution is 6.32. The number of halogens is 1. The predicted octanol–water partition coefficient (Wildman–Crippen LogP) is 5.99. The molecule has 0 saturated heterocycles. The van der Waals surface area contributed by atoms with Gasteiger partial charge < -0.3 is 20.1 Å². The van der Waals surface area contributed by atoms with Gasteiger partial charge in [-0.2, -0.15) is 0 Å². The molecule has 0 radical (unpaired) electrons. The monoisotopic (exact) mass is 494 g/mol. The number of aryl methyl sites for hydroxylation is 1. The van der Waals surface area contributed by atoms with E-state index in [1.54, 1.807) is 42.5 Å². The van der Waals surface area contributed by atoms with Crippen molar-refractivity contribution >= 4 is 40.8 Å². The Bertz CT molecular complexity index is 1160. The third kappa shape index (κ3) is 8.46. The smallest absolute Gasteiger partial charge is 0.306 e. The lowest BCUT2D eigenvalue weighted by atomic mass is 10.1. The number of esters is 1. The number of amides is 2. The minimum atomic E-state index is -0.530. The number of carbonyl (C=O) groups is 3. The molecule has 0 aromatic heterocycles. The number of carbonyl (C=O) groups excluding carboxylic acids is 3. The number of benzene rings is 3. The van der Waals surface area contributed by atoms with Gasteiger partial charge in [0.05, 0.1) is 5.02 Å². The molecule has 0 unspecified atom stereocenters. The summed E-state index contributed by atoms with van der Waals surface area (Å²) in [5, 5.41) is 6.02. The first-order valence-corrected chi connectivity index (χ1v) is 11.7. The Morgan fingerprint density at radius 3 is 2.29 bits per heavy atom. The maximum absolute atomic E-state index is 12.2. The number of anilines is 2. The molecule has 3 rings (SSSR count). The Balaban J connectivity index is 1.34. The molecule has 3 aromatic rings. The molecule has 0 fully saturated rings. The molecule has 0 aliphatic rings. The number of hydrogen-bond acceptors (Lipinski definition) is 5. The zero-order valence-electron chi connectivity index (χ0n) is 19.4. The van der Waals surface area contributed by atoms with E-state index < -0.39 is 11.9 Å². The van der Waals surface area contributed by atoms with Crippen LogP contribution in [0.4, 0.5) is 11.4 Å². The van der Waals surface area contributed by atoms with Gasteiger partial charge in [-0.3, -0.25) is 14.4 Å². The third-order valence-electron chi connectivity index (χ3n) is 5.02. The second kappa shape index (κ2) is 13.2. The number of nitrogens with one attached hydrogen (secondary N) is 2. The number of ether oxygens (including phenoxy) is 2. The van der Waals surface area contributed by atoms with Gasteiger partial charge in [-0.1, -0.05) is 48.9 Å². The maximum atomic E-state index is 12.2. The van der Waals surface area contributed by atoms with Gasteiger partial charge in [-0.25, -0.2) is 0 Å². The van der Waals surface area contributed by atoms with Crippen LogP contribution in [0, 0.1) is 0 Å². The molecule has 0 aliphatic heterocycles. The predicted molar refractivity (Wildman–Crippen MR) is 136 cm³/mol. The molecular formula is C27H27ClN2O5. The topological polar surface area (TPSA) is 93.7 Å². The zero-order chi connectivity index (χ0) is 25.0. The van der Waals surface area contributed by atoms with Crippen LogP contribution in [0.1, 0.15) is 31.7 Å². The molecule has 0 saturated carbocycles. The molecule has 0 heterocycles. The van der Waals surface area contributed by atoms with E-state index in [-0.39, 0.29) is 25.4 Å². The minimum Gasteiger partial charge on any atom is -0.456 e. The van der Waals surface area contributed by atoms with Crippen LogP contribution in [-0.2, 0) is 25.5 Å². The summed E-state index contributed by atoms with van der Waals surface area (Å²) in [6.45, 7) is 1.62. The quantitative estimate of drug-likeness (QED) is 0.319. The normalized spacial score (nSPS) is 10.3. The molecule has 3 aromatic carbocycles. The molecule has 0 spiro atoms. The Morgan fingerprint density at radius 1 is 0.829 bits per heavy atom. The Hall–Kier alpha value is -3.84. The van der Waals surface area contributed by atoms with E-state index in [4.69, 9.17) is 21.1 Å². The summed E-state index contributed by atoms with van der Waals surface area (Å²) < 4.78 is 10.7. The molecule has 0 bridgehead atoms. The number of hydrogen-bond donors (Lipinski definition) is 2. The summed E-state index contributed by atoms with van der Waals surface area (Å²) in [4.78, 5) is 36.1. The van der Waals surface area contributed by atoms with Gasteiger partial charge in [0.15, 0.2) is 6.61 Å². The van der Waals surface area contributed by atoms with E-state index in [0.29, 0.717) is 34.3 Å². The van der Waals surface area contributed by atoms with Crippen LogP contribution < -0.4 is 15.4 Å². The molecule has 2 N–H and O–H groups in total. The minimum absolute atomic E-state index is 0.0386. The van der Waals surface area contributed by atoms with Crippen molar-refractivity contribution in [2.24, 2.45) is 0 Å². The largest absolute Gasteiger partial charge is 0.456 e. The fraction of sp³-hybridized carbons (Fsp3) is 0.222. The lowest BCUT2D eigenvalue weighted by Crippen LogP contribution is -2.21. The third-order valence-corrected chi connectivity index (χ3v) is 5.34. The van der Waals surface area contributed by atoms with Crippen LogP contribution in [-0.4, -0.2) is 24.4 Å². The lowest BCUT2D eigenvalue weighted by molar-refractivity contribution is -0.147. The summed E-state index contributed by atoms with van der Waals surface area (Å²) in [5.41, 5.74) is 2.31. The first-order chi connectivity index (χ1) is 16.9. The molecule has 8 heteroatoms. The Morgan fingerprint density at radius 2 is 1.54 bits per heavy atom. The standard InChI is InChI=1S/C27H27ClN2O5/c1-2-19-8-3-5-10-23(19)30-26(32)18-34-27(33)13-7-12-25(31)29-20-14-16-21(17-15-20)35-24-11-6-4-9-22(24)28/h3-6,8-11,14-17H,2,7,12-13,18H2,1H3,(H,29,31)(H,30,32). The average Bonchev–Trinajstić information content (AvgIpc) is 2.85. The maximum Gasteiger partial charge on any atom is 0.306 e. The van der Waals surface area contributed by atoms with Crippen LogP contribution in [0.3, 0.4) is 0 Å². The van der Waals surface area contributed by atoms with Crippen LogP contribution in [0.2, 0.25) is 5.02 Å². The molecule has 182 valence electrons. The van der Waals surface area contributed by atoms with Crippen molar-refractivity contribution in [3.63, 3.8) is 0 Å². The number of para-hydroxylation sites is 2. The van der Waals surface area contributed by atoms with Crippen molar-refractivity contribution in [1.29, 1.82) is 0 Å². The fourth-order valence-electron chi connectivity index (χ4n) is 3.23. The molecule has 35 heavy (non-hydrogen) atoms. The van der Waals surface area contributed by atoms with Crippen LogP contribution >= 0.6 is 11.6 Å². The van der Waals surface area contributed by atoms with Gasteiger partial charge in [0.25, 0.3) is 5.91 Å². The van der Waals surface area contributed by atoms with Gasteiger partial charge in [-0.15, -0.1) is 0 Å².